The number of hydrogen-bond acceptors (Lipinski definition) is 5. The fourth-order valence-electron chi connectivity index (χ4n) is 5.30. The number of carbonyl (C=O) groups excluding carboxylic acids is 1. The standard InChI is InChI=1S/C42H16Cl2O2.C31H10O3.44H2/c1-3-4-5-6-7-8-9-10-11-12-13-14-15-16-17-18-19-20-21-22-31-46-41-33-35(2)32-38(34-41)42(45,36-23-27-39(43)28-24-36)37-25-29-40(44)30-26-37;1-4-5-6-7-8-9-10-11-12-13-14-15-16-17-18-19-20-21-22-23-24-34-30-26-28(2)25-29(27-30)31(32)33-3;;;;;;;;;;;;;;;;;;;;;;;;;;;;;;;;;;;;;;;;;;;;/h1,23-30,32-34,45H,2H3;1,25-27H,2-3H3;44*1H. The molecule has 0 aromatic heterocycles. The van der Waals surface area contributed by atoms with E-state index < -0.39 is 11.6 Å². The van der Waals surface area contributed by atoms with Crippen molar-refractivity contribution in [3.05, 3.63) is 128 Å². The third kappa shape index (κ3) is 26.0. The fourth-order valence-corrected chi connectivity index (χ4v) is 5.55. The van der Waals surface area contributed by atoms with Gasteiger partial charge in [0.05, 0.1) is 12.7 Å². The molecule has 4 rings (SSSR count). The SMILES string of the molecule is C#CC#CC#CC#CC#CC#CC#CC#CC#CC#CC#COc1cc(C)cc(C(=O)OC)c1.C#CC#CC#CC#CC#CC#CC#CC#CC#CC#CC#COc1cc(C)cc(C(O)(c2ccc(Cl)cc2)c2ccc(Cl)cc2)c1.[HH].[HH].[HH].[HH].[HH].[HH].[HH].[HH].[HH].[HH].[HH].[HH].[HH].[HH].[HH].[HH].[HH].[HH].[HH].[HH].[HH].[HH].[HH].[HH].[HH].[HH].[HH].[HH].[HH].[HH].[HH].[HH].[HH].[HH].[HH].[HH].[HH].[HH].[HH].[HH].[HH].[HH].[HH].[HH]. The zero-order valence-electron chi connectivity index (χ0n) is 42.1. The summed E-state index contributed by atoms with van der Waals surface area (Å²) < 4.78 is 15.5. The third-order valence-electron chi connectivity index (χ3n) is 8.30. The first kappa shape index (κ1) is 61.1. The zero-order chi connectivity index (χ0) is 57.6. The minimum absolute atomic E-state index is 0. The molecule has 0 amide bonds. The van der Waals surface area contributed by atoms with Crippen LogP contribution in [0, 0.1) is 276 Å². The molecule has 450 valence electrons. The summed E-state index contributed by atoms with van der Waals surface area (Å²) in [7, 11) is 1.31. The largest absolute Gasteiger partial charge is 0.465 e. The average Bonchev–Trinajstić information content (AvgIpc) is 0.761. The molecule has 1 N–H and O–H groups in total. The maximum Gasteiger partial charge on any atom is 0.337 e. The molecule has 80 heavy (non-hydrogen) atoms. The Morgan fingerprint density at radius 1 is 0.400 bits per heavy atom. The highest BCUT2D eigenvalue weighted by Crippen LogP contribution is 2.39. The first-order valence-electron chi connectivity index (χ1n) is 21.9. The number of carbonyl (C=O) groups is 1. The highest BCUT2D eigenvalue weighted by atomic mass is 35.5. The molecule has 0 fully saturated rings. The monoisotopic (exact) mass is 1140 g/mol. The van der Waals surface area contributed by atoms with Crippen molar-refractivity contribution < 1.29 is 86.9 Å². The van der Waals surface area contributed by atoms with Gasteiger partial charge in [0.25, 0.3) is 0 Å². The van der Waals surface area contributed by atoms with Gasteiger partial charge in [-0.15, -0.1) is 12.8 Å². The molecule has 7 heteroatoms. The minimum atomic E-state index is -1.52. The Morgan fingerprint density at radius 3 is 0.975 bits per heavy atom. The average molecular weight is 1140 g/mol. The van der Waals surface area contributed by atoms with Gasteiger partial charge in [-0.25, -0.2) is 4.79 Å². The number of aliphatic hydroxyl groups is 1. The van der Waals surface area contributed by atoms with E-state index in [4.69, 9.17) is 45.5 Å². The Labute approximate surface area is 544 Å². The van der Waals surface area contributed by atoms with Crippen LogP contribution < -0.4 is 9.47 Å². The van der Waals surface area contributed by atoms with Crippen LogP contribution in [0.5, 0.6) is 11.5 Å². The van der Waals surface area contributed by atoms with Crippen molar-refractivity contribution in [3.63, 3.8) is 0 Å². The summed E-state index contributed by atoms with van der Waals surface area (Å²) in [5.74, 6) is 99.2. The summed E-state index contributed by atoms with van der Waals surface area (Å²) in [5, 5.41) is 13.3. The molecule has 0 radical (unpaired) electrons. The normalized spacial score (nSPS) is 7.15. The van der Waals surface area contributed by atoms with E-state index in [-0.39, 0.29) is 62.8 Å². The number of terminal acetylenes is 2. The smallest absolute Gasteiger partial charge is 0.337 e. The van der Waals surface area contributed by atoms with Gasteiger partial charge >= 0.3 is 5.97 Å². The number of rotatable bonds is 6. The Hall–Kier alpha value is -13.2. The molecule has 0 saturated heterocycles. The van der Waals surface area contributed by atoms with Crippen LogP contribution in [0.1, 0.15) is 101 Å². The molecule has 0 spiro atoms. The lowest BCUT2D eigenvalue weighted by Crippen LogP contribution is -2.29. The number of methoxy groups -OCH3 is 1. The predicted molar refractivity (Wildman–Crippen MR) is 406 cm³/mol. The van der Waals surface area contributed by atoms with Crippen molar-refractivity contribution in [2.75, 3.05) is 7.11 Å². The lowest BCUT2D eigenvalue weighted by molar-refractivity contribution is 0.0600. The lowest BCUT2D eigenvalue weighted by Gasteiger charge is -2.31. The van der Waals surface area contributed by atoms with Crippen LogP contribution >= 0.6 is 23.2 Å². The number of aryl methyl sites for hydroxylation is 2. The first-order chi connectivity index (χ1) is 39.1. The summed E-state index contributed by atoms with van der Waals surface area (Å²) >= 11 is 12.2. The van der Waals surface area contributed by atoms with Gasteiger partial charge in [-0.3, -0.25) is 0 Å². The van der Waals surface area contributed by atoms with E-state index in [1.54, 1.807) is 72.8 Å². The number of halogens is 2. The van der Waals surface area contributed by atoms with Crippen molar-refractivity contribution in [2.24, 2.45) is 0 Å². The predicted octanol–water partition coefficient (Wildman–Crippen LogP) is 18.2. The van der Waals surface area contributed by atoms with Gasteiger partial charge in [0.15, 0.2) is 0 Å². The van der Waals surface area contributed by atoms with Crippen LogP contribution in [0.3, 0.4) is 0 Å². The molecule has 0 saturated carbocycles. The topological polar surface area (TPSA) is 65.0 Å². The van der Waals surface area contributed by atoms with E-state index in [1.807, 2.05) is 19.9 Å². The summed E-state index contributed by atoms with van der Waals surface area (Å²) in [6, 6.07) is 24.3. The lowest BCUT2D eigenvalue weighted by atomic mass is 9.80. The number of ether oxygens (including phenoxy) is 3. The number of hydrogen-bond donors (Lipinski definition) is 1. The molecule has 4 aromatic carbocycles. The molecule has 0 aliphatic rings. The van der Waals surface area contributed by atoms with Gasteiger partial charge in [0, 0.05) is 215 Å². The van der Waals surface area contributed by atoms with Gasteiger partial charge in [0.2, 0.25) is 0 Å². The van der Waals surface area contributed by atoms with E-state index in [0.717, 1.165) is 11.1 Å². The highest BCUT2D eigenvalue weighted by Gasteiger charge is 2.34. The molecular formula is C73H114Cl2O5. The molecule has 4 aromatic rings. The molecule has 0 aliphatic heterocycles. The van der Waals surface area contributed by atoms with Gasteiger partial charge in [-0.05, 0) is 191 Å². The molecule has 0 heterocycles. The van der Waals surface area contributed by atoms with Crippen molar-refractivity contribution >= 4 is 29.2 Å². The summed E-state index contributed by atoms with van der Waals surface area (Å²) in [6.07, 6.45) is 14.8. The van der Waals surface area contributed by atoms with Crippen LogP contribution in [-0.4, -0.2) is 18.2 Å². The summed E-state index contributed by atoms with van der Waals surface area (Å²) in [6.45, 7) is 3.72. The second-order valence-corrected chi connectivity index (χ2v) is 14.6. The maximum absolute atomic E-state index is 12.1. The Balaban J connectivity index is -0.0000000204. The Morgan fingerprint density at radius 2 is 0.675 bits per heavy atom. The fraction of sp³-hybridized carbons (Fsp3) is 0.0548. The second-order valence-electron chi connectivity index (χ2n) is 13.7. The molecule has 0 unspecified atom stereocenters. The van der Waals surface area contributed by atoms with Crippen LogP contribution in [0.25, 0.3) is 0 Å². The van der Waals surface area contributed by atoms with E-state index in [9.17, 15) is 9.90 Å². The van der Waals surface area contributed by atoms with Gasteiger partial charge in [-0.2, -0.15) is 0 Å². The third-order valence-corrected chi connectivity index (χ3v) is 8.80. The van der Waals surface area contributed by atoms with E-state index >= 15 is 0 Å². The van der Waals surface area contributed by atoms with Crippen molar-refractivity contribution in [2.45, 2.75) is 19.4 Å². The first-order valence-corrected chi connectivity index (χ1v) is 22.7. The molecule has 0 atom stereocenters. The highest BCUT2D eigenvalue weighted by molar-refractivity contribution is 6.30. The van der Waals surface area contributed by atoms with Crippen LogP contribution in [0.4, 0.5) is 0 Å². The number of benzene rings is 4. The molecular weight excluding hydrogens is 1030 g/mol. The van der Waals surface area contributed by atoms with E-state index in [1.165, 1.54) is 13.2 Å². The Kier molecular flexibility index (Phi) is 29.4. The quantitative estimate of drug-likeness (QED) is 0.118. The zero-order valence-corrected chi connectivity index (χ0v) is 43.6. The second kappa shape index (κ2) is 38.4. The van der Waals surface area contributed by atoms with Crippen LogP contribution in [0.15, 0.2) is 84.9 Å². The summed E-state index contributed by atoms with van der Waals surface area (Å²) in [5.41, 5.74) is 2.36. The summed E-state index contributed by atoms with van der Waals surface area (Å²) in [4.78, 5) is 11.6. The maximum atomic E-state index is 12.1. The molecule has 0 bridgehead atoms. The van der Waals surface area contributed by atoms with Crippen LogP contribution in [-0.2, 0) is 10.3 Å². The van der Waals surface area contributed by atoms with E-state index in [0.29, 0.717) is 43.8 Å². The van der Waals surface area contributed by atoms with Crippen molar-refractivity contribution in [3.8, 4) is 273 Å². The molecule has 5 nitrogen and oxygen atoms in total. The van der Waals surface area contributed by atoms with Crippen LogP contribution in [0.2, 0.25) is 10.0 Å². The van der Waals surface area contributed by atoms with Gasteiger partial charge < -0.3 is 19.3 Å². The van der Waals surface area contributed by atoms with E-state index in [2.05, 4.69) is 254 Å². The Bertz CT molecular complexity index is 4640. The van der Waals surface area contributed by atoms with Gasteiger partial charge in [0.1, 0.15) is 29.3 Å². The van der Waals surface area contributed by atoms with Crippen molar-refractivity contribution in [1.29, 1.82) is 0 Å². The molecule has 0 aliphatic carbocycles. The minimum Gasteiger partial charge on any atom is -0.465 e. The number of esters is 1. The van der Waals surface area contributed by atoms with Crippen molar-refractivity contribution in [1.82, 2.24) is 0 Å². The van der Waals surface area contributed by atoms with Gasteiger partial charge in [-0.1, -0.05) is 53.5 Å².